The van der Waals surface area contributed by atoms with Crippen molar-refractivity contribution < 1.29 is 0 Å². The third kappa shape index (κ3) is 1.85. The topological polar surface area (TPSA) is 65.6 Å². The van der Waals surface area contributed by atoms with E-state index in [-0.39, 0.29) is 0 Å². The summed E-state index contributed by atoms with van der Waals surface area (Å²) in [5, 5.41) is 9.96. The third-order valence-electron chi connectivity index (χ3n) is 2.55. The molecule has 1 aromatic carbocycles. The molecule has 1 aromatic heterocycles. The number of fused-ring (bicyclic) bond motifs is 1. The van der Waals surface area contributed by atoms with Gasteiger partial charge in [-0.1, -0.05) is 6.07 Å². The number of hydrogen-bond acceptors (Lipinski definition) is 2. The monoisotopic (exact) mass is 199 g/mol. The van der Waals surface area contributed by atoms with Gasteiger partial charge in [0, 0.05) is 17.1 Å². The van der Waals surface area contributed by atoms with Crippen LogP contribution in [0.2, 0.25) is 0 Å². The molecular formula is C12H13N3. The number of aromatic nitrogens is 1. The maximum absolute atomic E-state index is 8.76. The first kappa shape index (κ1) is 9.75. The van der Waals surface area contributed by atoms with Crippen LogP contribution < -0.4 is 5.73 Å². The molecule has 3 nitrogen and oxygen atoms in total. The summed E-state index contributed by atoms with van der Waals surface area (Å²) >= 11 is 0. The second-order valence-corrected chi connectivity index (χ2v) is 3.58. The highest BCUT2D eigenvalue weighted by Crippen LogP contribution is 2.20. The van der Waals surface area contributed by atoms with Gasteiger partial charge in [-0.25, -0.2) is 0 Å². The van der Waals surface area contributed by atoms with E-state index in [4.69, 9.17) is 11.0 Å². The third-order valence-corrected chi connectivity index (χ3v) is 2.55. The van der Waals surface area contributed by atoms with Crippen molar-refractivity contribution in [2.24, 2.45) is 5.73 Å². The minimum Gasteiger partial charge on any atom is -0.361 e. The molecule has 0 amide bonds. The first-order valence-corrected chi connectivity index (χ1v) is 5.05. The Bertz CT molecular complexity index is 505. The van der Waals surface area contributed by atoms with Crippen LogP contribution in [0.25, 0.3) is 10.9 Å². The number of nitrogens with zero attached hydrogens (tertiary/aromatic N) is 1. The van der Waals surface area contributed by atoms with E-state index in [0.29, 0.717) is 12.1 Å². The zero-order valence-electron chi connectivity index (χ0n) is 8.46. The van der Waals surface area contributed by atoms with E-state index in [2.05, 4.69) is 11.1 Å². The highest BCUT2D eigenvalue weighted by molar-refractivity contribution is 5.84. The first-order chi connectivity index (χ1) is 7.35. The van der Waals surface area contributed by atoms with Gasteiger partial charge in [0.2, 0.25) is 0 Å². The van der Waals surface area contributed by atoms with Crippen LogP contribution in [0.5, 0.6) is 0 Å². The van der Waals surface area contributed by atoms with Crippen LogP contribution in [-0.2, 0) is 6.42 Å². The molecule has 2 rings (SSSR count). The van der Waals surface area contributed by atoms with E-state index in [1.807, 2.05) is 24.4 Å². The molecule has 3 N–H and O–H groups in total. The SMILES string of the molecule is N#Cc1ccc2c(CCCN)c[nH]c2c1. The quantitative estimate of drug-likeness (QED) is 0.793. The Kier molecular flexibility index (Phi) is 2.70. The number of nitrogens with one attached hydrogen (secondary N) is 1. The number of hydrogen-bond donors (Lipinski definition) is 2. The van der Waals surface area contributed by atoms with Crippen molar-refractivity contribution in [2.75, 3.05) is 6.54 Å². The molecule has 0 unspecified atom stereocenters. The Morgan fingerprint density at radius 2 is 2.27 bits per heavy atom. The lowest BCUT2D eigenvalue weighted by Gasteiger charge is -1.97. The molecule has 0 radical (unpaired) electrons. The van der Waals surface area contributed by atoms with Crippen LogP contribution in [-0.4, -0.2) is 11.5 Å². The van der Waals surface area contributed by atoms with E-state index in [0.717, 1.165) is 18.4 Å². The number of aryl methyl sites for hydroxylation is 1. The zero-order chi connectivity index (χ0) is 10.7. The number of rotatable bonds is 3. The summed E-state index contributed by atoms with van der Waals surface area (Å²) < 4.78 is 0. The van der Waals surface area contributed by atoms with Gasteiger partial charge in [-0.3, -0.25) is 0 Å². The van der Waals surface area contributed by atoms with Gasteiger partial charge in [0.15, 0.2) is 0 Å². The Morgan fingerprint density at radius 1 is 1.40 bits per heavy atom. The van der Waals surface area contributed by atoms with Crippen LogP contribution >= 0.6 is 0 Å². The molecule has 0 saturated carbocycles. The van der Waals surface area contributed by atoms with E-state index < -0.39 is 0 Å². The molecule has 76 valence electrons. The zero-order valence-corrected chi connectivity index (χ0v) is 8.46. The van der Waals surface area contributed by atoms with Crippen LogP contribution in [0.3, 0.4) is 0 Å². The average Bonchev–Trinajstić information content (AvgIpc) is 2.68. The van der Waals surface area contributed by atoms with E-state index >= 15 is 0 Å². The summed E-state index contributed by atoms with van der Waals surface area (Å²) in [5.74, 6) is 0. The Labute approximate surface area is 88.5 Å². The van der Waals surface area contributed by atoms with Gasteiger partial charge in [0.1, 0.15) is 0 Å². The van der Waals surface area contributed by atoms with Crippen LogP contribution in [0, 0.1) is 11.3 Å². The molecule has 1 heterocycles. The van der Waals surface area contributed by atoms with Gasteiger partial charge < -0.3 is 10.7 Å². The first-order valence-electron chi connectivity index (χ1n) is 5.05. The molecule has 15 heavy (non-hydrogen) atoms. The smallest absolute Gasteiger partial charge is 0.0992 e. The molecular weight excluding hydrogens is 186 g/mol. The van der Waals surface area contributed by atoms with Crippen molar-refractivity contribution >= 4 is 10.9 Å². The standard InChI is InChI=1S/C12H13N3/c13-5-1-2-10-8-15-12-6-9(7-14)3-4-11(10)12/h3-4,6,8,15H,1-2,5,13H2. The van der Waals surface area contributed by atoms with Crippen molar-refractivity contribution in [1.82, 2.24) is 4.98 Å². The predicted molar refractivity (Wildman–Crippen MR) is 60.4 cm³/mol. The van der Waals surface area contributed by atoms with Crippen molar-refractivity contribution in [1.29, 1.82) is 5.26 Å². The molecule has 2 aromatic rings. The number of nitriles is 1. The van der Waals surface area contributed by atoms with E-state index in [1.54, 1.807) is 0 Å². The fourth-order valence-corrected chi connectivity index (χ4v) is 1.76. The summed E-state index contributed by atoms with van der Waals surface area (Å²) in [7, 11) is 0. The fourth-order valence-electron chi connectivity index (χ4n) is 1.76. The summed E-state index contributed by atoms with van der Waals surface area (Å²) in [6.45, 7) is 0.711. The lowest BCUT2D eigenvalue weighted by Crippen LogP contribution is -1.99. The lowest BCUT2D eigenvalue weighted by molar-refractivity contribution is 0.837. The second-order valence-electron chi connectivity index (χ2n) is 3.58. The second kappa shape index (κ2) is 4.16. The molecule has 3 heteroatoms. The minimum absolute atomic E-state index is 0.690. The number of H-pyrrole nitrogens is 1. The highest BCUT2D eigenvalue weighted by Gasteiger charge is 2.03. The summed E-state index contributed by atoms with van der Waals surface area (Å²) in [6.07, 6.45) is 3.98. The molecule has 0 aliphatic carbocycles. The average molecular weight is 199 g/mol. The van der Waals surface area contributed by atoms with E-state index in [1.165, 1.54) is 10.9 Å². The Balaban J connectivity index is 2.39. The number of benzene rings is 1. The van der Waals surface area contributed by atoms with Crippen LogP contribution in [0.4, 0.5) is 0 Å². The van der Waals surface area contributed by atoms with Gasteiger partial charge in [-0.2, -0.15) is 5.26 Å². The number of nitrogens with two attached hydrogens (primary N) is 1. The maximum atomic E-state index is 8.76. The molecule has 0 fully saturated rings. The minimum atomic E-state index is 0.690. The summed E-state index contributed by atoms with van der Waals surface area (Å²) in [6, 6.07) is 7.85. The van der Waals surface area contributed by atoms with Crippen molar-refractivity contribution in [3.63, 3.8) is 0 Å². The largest absolute Gasteiger partial charge is 0.361 e. The fraction of sp³-hybridized carbons (Fsp3) is 0.250. The summed E-state index contributed by atoms with van der Waals surface area (Å²) in [4.78, 5) is 3.18. The van der Waals surface area contributed by atoms with Crippen LogP contribution in [0.15, 0.2) is 24.4 Å². The molecule has 0 saturated heterocycles. The van der Waals surface area contributed by atoms with E-state index in [9.17, 15) is 0 Å². The molecule has 0 bridgehead atoms. The number of aromatic amines is 1. The maximum Gasteiger partial charge on any atom is 0.0992 e. The molecule has 0 spiro atoms. The predicted octanol–water partition coefficient (Wildman–Crippen LogP) is 1.93. The van der Waals surface area contributed by atoms with Crippen molar-refractivity contribution in [3.8, 4) is 6.07 Å². The van der Waals surface area contributed by atoms with Gasteiger partial charge in [-0.15, -0.1) is 0 Å². The molecule has 0 aliphatic rings. The molecule has 0 atom stereocenters. The van der Waals surface area contributed by atoms with Gasteiger partial charge in [-0.05, 0) is 37.1 Å². The Morgan fingerprint density at radius 3 is 3.00 bits per heavy atom. The van der Waals surface area contributed by atoms with Gasteiger partial charge >= 0.3 is 0 Å². The molecule has 0 aliphatic heterocycles. The lowest BCUT2D eigenvalue weighted by atomic mass is 10.1. The normalized spacial score (nSPS) is 10.4. The van der Waals surface area contributed by atoms with Crippen molar-refractivity contribution in [2.45, 2.75) is 12.8 Å². The van der Waals surface area contributed by atoms with Crippen LogP contribution in [0.1, 0.15) is 17.5 Å². The van der Waals surface area contributed by atoms with Crippen molar-refractivity contribution in [3.05, 3.63) is 35.5 Å². The van der Waals surface area contributed by atoms with Gasteiger partial charge in [0.05, 0.1) is 11.6 Å². The highest BCUT2D eigenvalue weighted by atomic mass is 14.7. The van der Waals surface area contributed by atoms with Gasteiger partial charge in [0.25, 0.3) is 0 Å². The summed E-state index contributed by atoms with van der Waals surface area (Å²) in [5.41, 5.74) is 8.48. The Hall–Kier alpha value is -1.79.